The number of benzene rings is 1. The molecule has 0 aliphatic carbocycles. The Morgan fingerprint density at radius 2 is 2.12 bits per heavy atom. The Labute approximate surface area is 162 Å². The number of carbonyl (C=O) groups is 1. The van der Waals surface area contributed by atoms with Crippen LogP contribution in [0.15, 0.2) is 32.6 Å². The standard InChI is InChI=1S/C17H14BrClN2O3S/c1-8-6-11(12(23-3)7-10(8)19)20-17(22)15-9(2)24-21-16(15)13-4-5-14(18)25-13/h4-7H,1-3H3,(H,20,22). The highest BCUT2D eigenvalue weighted by Gasteiger charge is 2.23. The maximum Gasteiger partial charge on any atom is 0.261 e. The minimum atomic E-state index is -0.321. The molecule has 1 amide bonds. The van der Waals surface area contributed by atoms with Crippen LogP contribution in [0.2, 0.25) is 5.02 Å². The van der Waals surface area contributed by atoms with Crippen molar-refractivity contribution in [2.45, 2.75) is 13.8 Å². The van der Waals surface area contributed by atoms with Gasteiger partial charge in [0.15, 0.2) is 0 Å². The van der Waals surface area contributed by atoms with E-state index in [2.05, 4.69) is 26.4 Å². The normalized spacial score (nSPS) is 10.8. The van der Waals surface area contributed by atoms with Gasteiger partial charge in [-0.05, 0) is 53.5 Å². The lowest BCUT2D eigenvalue weighted by Gasteiger charge is -2.12. The molecule has 0 radical (unpaired) electrons. The number of hydrogen-bond acceptors (Lipinski definition) is 5. The Kier molecular flexibility index (Phi) is 5.17. The molecule has 25 heavy (non-hydrogen) atoms. The number of methoxy groups -OCH3 is 1. The van der Waals surface area contributed by atoms with Crippen molar-refractivity contribution in [3.8, 4) is 16.3 Å². The quantitative estimate of drug-likeness (QED) is 0.564. The lowest BCUT2D eigenvalue weighted by atomic mass is 10.1. The molecule has 0 atom stereocenters. The summed E-state index contributed by atoms with van der Waals surface area (Å²) >= 11 is 11.0. The molecule has 0 unspecified atom stereocenters. The zero-order valence-electron chi connectivity index (χ0n) is 13.6. The first kappa shape index (κ1) is 18.0. The van der Waals surface area contributed by atoms with Crippen LogP contribution in [0.3, 0.4) is 0 Å². The molecular weight excluding hydrogens is 428 g/mol. The summed E-state index contributed by atoms with van der Waals surface area (Å²) in [5, 5.41) is 7.47. The molecule has 0 aliphatic rings. The molecule has 3 rings (SSSR count). The van der Waals surface area contributed by atoms with Crippen molar-refractivity contribution in [1.82, 2.24) is 5.16 Å². The molecular formula is C17H14BrClN2O3S. The van der Waals surface area contributed by atoms with Crippen LogP contribution in [0.1, 0.15) is 21.7 Å². The van der Waals surface area contributed by atoms with Crippen LogP contribution >= 0.6 is 38.9 Å². The van der Waals surface area contributed by atoms with E-state index in [0.29, 0.717) is 33.5 Å². The van der Waals surface area contributed by atoms with Crippen LogP contribution in [0.5, 0.6) is 5.75 Å². The largest absolute Gasteiger partial charge is 0.495 e. The molecule has 0 saturated carbocycles. The average molecular weight is 442 g/mol. The first-order valence-electron chi connectivity index (χ1n) is 7.28. The van der Waals surface area contributed by atoms with Gasteiger partial charge in [-0.1, -0.05) is 16.8 Å². The number of ether oxygens (including phenoxy) is 1. The van der Waals surface area contributed by atoms with Crippen molar-refractivity contribution < 1.29 is 14.1 Å². The second kappa shape index (κ2) is 7.19. The second-order valence-electron chi connectivity index (χ2n) is 5.32. The minimum Gasteiger partial charge on any atom is -0.495 e. The monoisotopic (exact) mass is 440 g/mol. The van der Waals surface area contributed by atoms with Crippen molar-refractivity contribution in [2.75, 3.05) is 12.4 Å². The topological polar surface area (TPSA) is 64.4 Å². The van der Waals surface area contributed by atoms with E-state index in [9.17, 15) is 4.79 Å². The van der Waals surface area contributed by atoms with Gasteiger partial charge in [0.05, 0.1) is 21.5 Å². The average Bonchev–Trinajstić information content (AvgIpc) is 3.16. The third-order valence-electron chi connectivity index (χ3n) is 3.63. The van der Waals surface area contributed by atoms with Crippen LogP contribution in [0.4, 0.5) is 5.69 Å². The Bertz CT molecular complexity index is 952. The van der Waals surface area contributed by atoms with Gasteiger partial charge in [-0.25, -0.2) is 0 Å². The van der Waals surface area contributed by atoms with Gasteiger partial charge in [-0.15, -0.1) is 11.3 Å². The zero-order chi connectivity index (χ0) is 18.1. The molecule has 0 spiro atoms. The SMILES string of the molecule is COc1cc(Cl)c(C)cc1NC(=O)c1c(-c2ccc(Br)s2)noc1C. The molecule has 0 fully saturated rings. The number of nitrogens with one attached hydrogen (secondary N) is 1. The van der Waals surface area contributed by atoms with Gasteiger partial charge in [-0.3, -0.25) is 4.79 Å². The fraction of sp³-hybridized carbons (Fsp3) is 0.176. The highest BCUT2D eigenvalue weighted by Crippen LogP contribution is 2.35. The van der Waals surface area contributed by atoms with Gasteiger partial charge in [0, 0.05) is 11.1 Å². The summed E-state index contributed by atoms with van der Waals surface area (Å²) in [5.74, 6) is 0.610. The van der Waals surface area contributed by atoms with E-state index in [0.717, 1.165) is 14.2 Å². The summed E-state index contributed by atoms with van der Waals surface area (Å²) in [7, 11) is 1.52. The summed E-state index contributed by atoms with van der Waals surface area (Å²) in [6, 6.07) is 7.22. The molecule has 0 saturated heterocycles. The maximum absolute atomic E-state index is 12.9. The third-order valence-corrected chi connectivity index (χ3v) is 5.66. The molecule has 8 heteroatoms. The number of rotatable bonds is 4. The van der Waals surface area contributed by atoms with Gasteiger partial charge in [0.2, 0.25) is 0 Å². The molecule has 1 aromatic carbocycles. The third kappa shape index (κ3) is 3.58. The van der Waals surface area contributed by atoms with E-state index in [4.69, 9.17) is 20.9 Å². The van der Waals surface area contributed by atoms with Crippen LogP contribution in [0, 0.1) is 13.8 Å². The number of halogens is 2. The van der Waals surface area contributed by atoms with Crippen LogP contribution in [-0.2, 0) is 0 Å². The smallest absolute Gasteiger partial charge is 0.261 e. The number of aryl methyl sites for hydroxylation is 2. The number of anilines is 1. The molecule has 0 aliphatic heterocycles. The van der Waals surface area contributed by atoms with Crippen LogP contribution in [-0.4, -0.2) is 18.2 Å². The first-order chi connectivity index (χ1) is 11.9. The minimum absolute atomic E-state index is 0.321. The van der Waals surface area contributed by atoms with E-state index in [1.807, 2.05) is 19.1 Å². The number of aromatic nitrogens is 1. The van der Waals surface area contributed by atoms with Crippen molar-refractivity contribution >= 4 is 50.5 Å². The van der Waals surface area contributed by atoms with Crippen molar-refractivity contribution in [1.29, 1.82) is 0 Å². The van der Waals surface area contributed by atoms with Crippen molar-refractivity contribution in [2.24, 2.45) is 0 Å². The number of carbonyl (C=O) groups excluding carboxylic acids is 1. The predicted molar refractivity (Wildman–Crippen MR) is 103 cm³/mol. The number of hydrogen-bond donors (Lipinski definition) is 1. The Morgan fingerprint density at radius 1 is 1.36 bits per heavy atom. The summed E-state index contributed by atoms with van der Waals surface area (Å²) < 4.78 is 11.5. The van der Waals surface area contributed by atoms with E-state index < -0.39 is 0 Å². The predicted octanol–water partition coefficient (Wildman–Crippen LogP) is 5.70. The lowest BCUT2D eigenvalue weighted by Crippen LogP contribution is -2.14. The van der Waals surface area contributed by atoms with Crippen molar-refractivity contribution in [3.05, 3.63) is 50.0 Å². The molecule has 2 aromatic heterocycles. The van der Waals surface area contributed by atoms with E-state index in [-0.39, 0.29) is 5.91 Å². The van der Waals surface area contributed by atoms with Gasteiger partial charge in [-0.2, -0.15) is 0 Å². The van der Waals surface area contributed by atoms with Gasteiger partial charge in [0.25, 0.3) is 5.91 Å². The molecule has 0 bridgehead atoms. The zero-order valence-corrected chi connectivity index (χ0v) is 16.8. The number of thiophene rings is 1. The number of amides is 1. The summed E-state index contributed by atoms with van der Waals surface area (Å²) in [6.07, 6.45) is 0. The van der Waals surface area contributed by atoms with Gasteiger partial charge >= 0.3 is 0 Å². The van der Waals surface area contributed by atoms with Gasteiger partial charge in [0.1, 0.15) is 22.8 Å². The fourth-order valence-electron chi connectivity index (χ4n) is 2.36. The first-order valence-corrected chi connectivity index (χ1v) is 9.27. The summed E-state index contributed by atoms with van der Waals surface area (Å²) in [6.45, 7) is 3.56. The molecule has 2 heterocycles. The number of nitrogens with zero attached hydrogens (tertiary/aromatic N) is 1. The second-order valence-corrected chi connectivity index (χ2v) is 8.19. The summed E-state index contributed by atoms with van der Waals surface area (Å²) in [4.78, 5) is 13.7. The highest BCUT2D eigenvalue weighted by atomic mass is 79.9. The van der Waals surface area contributed by atoms with Crippen LogP contribution < -0.4 is 10.1 Å². The Hall–Kier alpha value is -1.83. The molecule has 130 valence electrons. The van der Waals surface area contributed by atoms with E-state index in [1.54, 1.807) is 19.1 Å². The lowest BCUT2D eigenvalue weighted by molar-refractivity contribution is 0.102. The van der Waals surface area contributed by atoms with Crippen LogP contribution in [0.25, 0.3) is 10.6 Å². The highest BCUT2D eigenvalue weighted by molar-refractivity contribution is 9.11. The summed E-state index contributed by atoms with van der Waals surface area (Å²) in [5.41, 5.74) is 2.27. The molecule has 5 nitrogen and oxygen atoms in total. The van der Waals surface area contributed by atoms with Gasteiger partial charge < -0.3 is 14.6 Å². The maximum atomic E-state index is 12.9. The molecule has 3 aromatic rings. The Morgan fingerprint density at radius 3 is 2.76 bits per heavy atom. The van der Waals surface area contributed by atoms with Crippen molar-refractivity contribution in [3.63, 3.8) is 0 Å². The molecule has 1 N–H and O–H groups in total. The van der Waals surface area contributed by atoms with E-state index >= 15 is 0 Å². The fourth-order valence-corrected chi connectivity index (χ4v) is 3.89. The Balaban J connectivity index is 1.98. The van der Waals surface area contributed by atoms with E-state index in [1.165, 1.54) is 18.4 Å².